The van der Waals surface area contributed by atoms with Gasteiger partial charge in [-0.25, -0.2) is 4.99 Å². The third-order valence-corrected chi connectivity index (χ3v) is 4.84. The van der Waals surface area contributed by atoms with Crippen LogP contribution in [0.5, 0.6) is 0 Å². The highest BCUT2D eigenvalue weighted by atomic mass is 79.9. The van der Waals surface area contributed by atoms with Crippen molar-refractivity contribution in [2.24, 2.45) is 4.99 Å². The Balaban J connectivity index is 1.85. The average molecular weight is 383 g/mol. The number of anilines is 2. The van der Waals surface area contributed by atoms with Gasteiger partial charge in [-0.1, -0.05) is 34.1 Å². The maximum atomic E-state index is 12.9. The monoisotopic (exact) mass is 382 g/mol. The number of para-hydroxylation sites is 1. The molecule has 23 heavy (non-hydrogen) atoms. The van der Waals surface area contributed by atoms with Crippen molar-refractivity contribution in [2.75, 3.05) is 4.90 Å². The number of nitrogens with zero attached hydrogens (tertiary/aromatic N) is 2. The summed E-state index contributed by atoms with van der Waals surface area (Å²) in [7, 11) is 0. The van der Waals surface area contributed by atoms with E-state index < -0.39 is 0 Å². The molecule has 1 aliphatic heterocycles. The van der Waals surface area contributed by atoms with Crippen LogP contribution in [0.3, 0.4) is 0 Å². The van der Waals surface area contributed by atoms with E-state index in [0.29, 0.717) is 5.71 Å². The van der Waals surface area contributed by atoms with E-state index in [1.807, 2.05) is 65.4 Å². The fourth-order valence-corrected chi connectivity index (χ4v) is 3.48. The van der Waals surface area contributed by atoms with Gasteiger partial charge in [0.15, 0.2) is 0 Å². The lowest BCUT2D eigenvalue weighted by molar-refractivity contribution is -0.111. The second kappa shape index (κ2) is 5.76. The second-order valence-corrected chi connectivity index (χ2v) is 6.77. The molecule has 0 saturated carbocycles. The van der Waals surface area contributed by atoms with E-state index in [4.69, 9.17) is 0 Å². The molecule has 112 valence electrons. The van der Waals surface area contributed by atoms with Gasteiger partial charge in [0.2, 0.25) is 0 Å². The molecule has 0 aliphatic carbocycles. The molecule has 2 heterocycles. The first-order valence-electron chi connectivity index (χ1n) is 7.04. The summed E-state index contributed by atoms with van der Waals surface area (Å²) in [6, 6.07) is 17.3. The molecule has 0 fully saturated rings. The van der Waals surface area contributed by atoms with Crippen LogP contribution in [0.4, 0.5) is 17.1 Å². The number of carbonyl (C=O) groups is 1. The molecule has 0 radical (unpaired) electrons. The Labute approximate surface area is 146 Å². The van der Waals surface area contributed by atoms with E-state index in [-0.39, 0.29) is 5.91 Å². The van der Waals surface area contributed by atoms with Crippen LogP contribution in [0, 0.1) is 0 Å². The maximum absolute atomic E-state index is 12.9. The highest BCUT2D eigenvalue weighted by Crippen LogP contribution is 2.37. The Morgan fingerprint density at radius 3 is 2.52 bits per heavy atom. The number of hydrogen-bond donors (Lipinski definition) is 0. The average Bonchev–Trinajstić information content (AvgIpc) is 3.17. The van der Waals surface area contributed by atoms with Crippen LogP contribution in [0.25, 0.3) is 0 Å². The lowest BCUT2D eigenvalue weighted by Crippen LogP contribution is -2.24. The molecule has 0 spiro atoms. The van der Waals surface area contributed by atoms with Gasteiger partial charge < -0.3 is 0 Å². The van der Waals surface area contributed by atoms with Crippen LogP contribution in [0.1, 0.15) is 5.56 Å². The normalized spacial score (nSPS) is 15.3. The van der Waals surface area contributed by atoms with E-state index in [0.717, 1.165) is 27.1 Å². The predicted octanol–water partition coefficient (Wildman–Crippen LogP) is 5.31. The van der Waals surface area contributed by atoms with Crippen molar-refractivity contribution < 1.29 is 4.79 Å². The lowest BCUT2D eigenvalue weighted by Gasteiger charge is -2.14. The summed E-state index contributed by atoms with van der Waals surface area (Å²) in [6.45, 7) is 0. The number of rotatable bonds is 2. The van der Waals surface area contributed by atoms with Crippen LogP contribution in [0.15, 0.2) is 74.8 Å². The number of aliphatic imine (C=N–C) groups is 1. The molecule has 4 rings (SSSR count). The third kappa shape index (κ3) is 2.52. The number of amides is 1. The van der Waals surface area contributed by atoms with Gasteiger partial charge in [0.25, 0.3) is 5.91 Å². The number of benzene rings is 2. The van der Waals surface area contributed by atoms with Crippen LogP contribution in [-0.2, 0) is 4.79 Å². The molecular formula is C18H11BrN2OS. The van der Waals surface area contributed by atoms with Crippen molar-refractivity contribution in [2.45, 2.75) is 0 Å². The first-order chi connectivity index (χ1) is 11.2. The van der Waals surface area contributed by atoms with Gasteiger partial charge >= 0.3 is 0 Å². The Morgan fingerprint density at radius 1 is 1.00 bits per heavy atom. The first-order valence-corrected chi connectivity index (χ1v) is 8.78. The Bertz CT molecular complexity index is 901. The summed E-state index contributed by atoms with van der Waals surface area (Å²) in [5.41, 5.74) is 3.87. The van der Waals surface area contributed by atoms with Gasteiger partial charge in [-0.3, -0.25) is 9.69 Å². The Morgan fingerprint density at radius 2 is 1.78 bits per heavy atom. The minimum atomic E-state index is -0.0903. The van der Waals surface area contributed by atoms with Crippen LogP contribution < -0.4 is 4.90 Å². The highest BCUT2D eigenvalue weighted by Gasteiger charge is 2.34. The summed E-state index contributed by atoms with van der Waals surface area (Å²) in [4.78, 5) is 19.2. The molecule has 3 nitrogen and oxygen atoms in total. The van der Waals surface area contributed by atoms with Gasteiger partial charge in [0, 0.05) is 15.4 Å². The SMILES string of the molecule is O=C1/C(=N\c2ccc(Br)cc2)c2ccccc2N1c1ccsc1. The second-order valence-electron chi connectivity index (χ2n) is 5.08. The highest BCUT2D eigenvalue weighted by molar-refractivity contribution is 9.10. The molecule has 1 aliphatic rings. The van der Waals surface area contributed by atoms with Crippen molar-refractivity contribution in [1.82, 2.24) is 0 Å². The van der Waals surface area contributed by atoms with Crippen molar-refractivity contribution in [1.29, 1.82) is 0 Å². The smallest absolute Gasteiger partial charge is 0.274 e. The molecule has 0 atom stereocenters. The molecule has 0 unspecified atom stereocenters. The van der Waals surface area contributed by atoms with Crippen molar-refractivity contribution in [3.05, 3.63) is 75.4 Å². The molecule has 2 aromatic carbocycles. The summed E-state index contributed by atoms with van der Waals surface area (Å²) in [6.07, 6.45) is 0. The minimum absolute atomic E-state index is 0.0903. The van der Waals surface area contributed by atoms with E-state index in [1.165, 1.54) is 0 Å². The fourth-order valence-electron chi connectivity index (χ4n) is 2.59. The zero-order chi connectivity index (χ0) is 15.8. The number of hydrogen-bond acceptors (Lipinski definition) is 3. The predicted molar refractivity (Wildman–Crippen MR) is 98.2 cm³/mol. The topological polar surface area (TPSA) is 32.7 Å². The number of thiophene rings is 1. The van der Waals surface area contributed by atoms with Crippen LogP contribution in [-0.4, -0.2) is 11.6 Å². The number of carbonyl (C=O) groups excluding carboxylic acids is 1. The molecule has 1 aromatic heterocycles. The van der Waals surface area contributed by atoms with Gasteiger partial charge in [0.1, 0.15) is 5.71 Å². The van der Waals surface area contributed by atoms with E-state index in [2.05, 4.69) is 20.9 Å². The van der Waals surface area contributed by atoms with Crippen LogP contribution in [0.2, 0.25) is 0 Å². The maximum Gasteiger partial charge on any atom is 0.282 e. The largest absolute Gasteiger partial charge is 0.282 e. The molecule has 5 heteroatoms. The zero-order valence-corrected chi connectivity index (χ0v) is 14.3. The molecule has 0 bridgehead atoms. The molecule has 3 aromatic rings. The summed E-state index contributed by atoms with van der Waals surface area (Å²) in [5, 5.41) is 3.94. The molecule has 0 N–H and O–H groups in total. The molecule has 1 amide bonds. The van der Waals surface area contributed by atoms with Gasteiger partial charge in [0.05, 0.1) is 17.1 Å². The van der Waals surface area contributed by atoms with Crippen LogP contribution >= 0.6 is 27.3 Å². The van der Waals surface area contributed by atoms with E-state index in [9.17, 15) is 4.79 Å². The van der Waals surface area contributed by atoms with Crippen molar-refractivity contribution in [3.63, 3.8) is 0 Å². The molecular weight excluding hydrogens is 372 g/mol. The number of fused-ring (bicyclic) bond motifs is 1. The summed E-state index contributed by atoms with van der Waals surface area (Å²) < 4.78 is 0.986. The van der Waals surface area contributed by atoms with Gasteiger partial charge in [-0.15, -0.1) is 0 Å². The van der Waals surface area contributed by atoms with E-state index >= 15 is 0 Å². The summed E-state index contributed by atoms with van der Waals surface area (Å²) >= 11 is 4.98. The lowest BCUT2D eigenvalue weighted by atomic mass is 10.1. The quantitative estimate of drug-likeness (QED) is 0.590. The summed E-state index contributed by atoms with van der Waals surface area (Å²) in [5.74, 6) is -0.0903. The van der Waals surface area contributed by atoms with Crippen molar-refractivity contribution in [3.8, 4) is 0 Å². The van der Waals surface area contributed by atoms with E-state index in [1.54, 1.807) is 16.2 Å². The van der Waals surface area contributed by atoms with Gasteiger partial charge in [-0.05, 0) is 41.8 Å². The molecule has 0 saturated heterocycles. The first kappa shape index (κ1) is 14.4. The fraction of sp³-hybridized carbons (Fsp3) is 0. The minimum Gasteiger partial charge on any atom is -0.274 e. The Hall–Kier alpha value is -2.24. The third-order valence-electron chi connectivity index (χ3n) is 3.64. The zero-order valence-electron chi connectivity index (χ0n) is 11.9. The van der Waals surface area contributed by atoms with Gasteiger partial charge in [-0.2, -0.15) is 11.3 Å². The Kier molecular flexibility index (Phi) is 3.59. The standard InChI is InChI=1S/C18H11BrN2OS/c19-12-5-7-13(8-6-12)20-17-15-3-1-2-4-16(15)21(18(17)22)14-9-10-23-11-14/h1-11H/b20-17-. The van der Waals surface area contributed by atoms with Crippen molar-refractivity contribution >= 4 is 55.9 Å². The number of halogens is 1.